The molecule has 0 amide bonds. The van der Waals surface area contributed by atoms with Gasteiger partial charge in [0, 0.05) is 46.1 Å². The molecule has 0 aromatic carbocycles. The highest BCUT2D eigenvalue weighted by molar-refractivity contribution is 7.32. The van der Waals surface area contributed by atoms with E-state index >= 15 is 0 Å². The van der Waals surface area contributed by atoms with Crippen LogP contribution in [0.3, 0.4) is 0 Å². The van der Waals surface area contributed by atoms with Gasteiger partial charge < -0.3 is 47.1 Å². The Morgan fingerprint density at radius 1 is 0.608 bits per heavy atom. The van der Waals surface area contributed by atoms with Gasteiger partial charge in [0.1, 0.15) is 24.9 Å². The minimum Gasteiger partial charge on any atom is -0.463 e. The summed E-state index contributed by atoms with van der Waals surface area (Å²) in [5.74, 6) is -5.25. The van der Waals surface area contributed by atoms with Crippen LogP contribution in [-0.4, -0.2) is 124 Å². The van der Waals surface area contributed by atoms with Gasteiger partial charge in [0.05, 0.1) is 6.61 Å². The molecule has 1 N–H and O–H groups in total. The third kappa shape index (κ3) is 13.1. The number of ether oxygens (including phenoxy) is 9. The fourth-order valence-corrected chi connectivity index (χ4v) is 6.31. The molecule has 2 aliphatic rings. The lowest BCUT2D eigenvalue weighted by Gasteiger charge is -2.48. The van der Waals surface area contributed by atoms with Crippen molar-refractivity contribution in [2.75, 3.05) is 13.2 Å². The van der Waals surface area contributed by atoms with E-state index in [1.54, 1.807) is 0 Å². The molecule has 0 aromatic heterocycles. The maximum Gasteiger partial charge on any atom is 0.697 e. The first-order chi connectivity index (χ1) is 23.4. The standard InChI is InChI=1S/C30H47O19PSi/c1-14(31)39-12-20-23(25(43-17(4)34)27(45-19(6)36)29(47-20)49-50(37)38)48-28-26(44-18(5)35)24(42-16(3)33)22(41-15(2)32)21(46-28)13-40-51(10,11)30(7,8)9/h20-29H,12-13H2,1-11H3/p+1/t20-,21-,22+,23-,24+,25+,26-,27+,28+,29-/m1/s1. The number of carbonyl (C=O) groups excluding carboxylic acids is 6. The lowest BCUT2D eigenvalue weighted by atomic mass is 9.96. The van der Waals surface area contributed by atoms with E-state index in [9.17, 15) is 38.2 Å². The maximum atomic E-state index is 12.5. The van der Waals surface area contributed by atoms with Gasteiger partial charge >= 0.3 is 44.1 Å². The number of hydrogen-bond donors (Lipinski definition) is 1. The largest absolute Gasteiger partial charge is 0.697 e. The zero-order valence-electron chi connectivity index (χ0n) is 30.4. The molecule has 51 heavy (non-hydrogen) atoms. The average molecular weight is 772 g/mol. The first-order valence-electron chi connectivity index (χ1n) is 15.9. The molecule has 1 unspecified atom stereocenters. The Bertz CT molecular complexity index is 1300. The van der Waals surface area contributed by atoms with Crippen molar-refractivity contribution in [1.82, 2.24) is 0 Å². The van der Waals surface area contributed by atoms with Gasteiger partial charge in [0.15, 0.2) is 45.1 Å². The predicted molar refractivity (Wildman–Crippen MR) is 171 cm³/mol. The first-order valence-corrected chi connectivity index (χ1v) is 19.9. The highest BCUT2D eigenvalue weighted by Gasteiger charge is 2.59. The van der Waals surface area contributed by atoms with Crippen LogP contribution < -0.4 is 0 Å². The number of esters is 6. The Morgan fingerprint density at radius 3 is 1.43 bits per heavy atom. The second kappa shape index (κ2) is 18.6. The molecule has 21 heteroatoms. The van der Waals surface area contributed by atoms with Crippen molar-refractivity contribution >= 4 is 52.4 Å². The number of rotatable bonds is 14. The molecule has 0 aromatic rings. The third-order valence-electron chi connectivity index (χ3n) is 8.04. The SMILES string of the molecule is CC(=O)OC[C@H]1O[C@H](O[P+](=O)O)[C@@H](OC(C)=O)[C@@H](OC(C)=O)[C@@H]1O[C@@H]1O[C@H](CO[Si](C)(C)C(C)(C)C)[C@H](OC(C)=O)[C@H](OC(C)=O)[C@H]1OC(C)=O. The molecular weight excluding hydrogens is 723 g/mol. The van der Waals surface area contributed by atoms with Crippen molar-refractivity contribution in [1.29, 1.82) is 0 Å². The van der Waals surface area contributed by atoms with Crippen LogP contribution >= 0.6 is 8.25 Å². The Labute approximate surface area is 297 Å². The van der Waals surface area contributed by atoms with Crippen molar-refractivity contribution in [2.45, 2.75) is 142 Å². The van der Waals surface area contributed by atoms with E-state index in [1.165, 1.54) is 0 Å². The van der Waals surface area contributed by atoms with Crippen molar-refractivity contribution < 1.29 is 89.8 Å². The van der Waals surface area contributed by atoms with E-state index in [1.807, 2.05) is 33.9 Å². The smallest absolute Gasteiger partial charge is 0.463 e. The second-order valence-electron chi connectivity index (χ2n) is 13.3. The van der Waals surface area contributed by atoms with Gasteiger partial charge in [-0.05, 0) is 18.1 Å². The average Bonchev–Trinajstić information content (AvgIpc) is 2.95. The molecule has 290 valence electrons. The van der Waals surface area contributed by atoms with Gasteiger partial charge in [-0.2, -0.15) is 0 Å². The summed E-state index contributed by atoms with van der Waals surface area (Å²) in [5, 5.41) is -0.284. The second-order valence-corrected chi connectivity index (χ2v) is 18.8. The maximum absolute atomic E-state index is 12.5. The minimum absolute atomic E-state index is 0.236. The molecule has 2 saturated heterocycles. The third-order valence-corrected chi connectivity index (χ3v) is 12.9. The molecule has 2 fully saturated rings. The van der Waals surface area contributed by atoms with Gasteiger partial charge in [-0.1, -0.05) is 25.3 Å². The molecule has 0 bridgehead atoms. The van der Waals surface area contributed by atoms with Crippen LogP contribution in [0, 0.1) is 0 Å². The van der Waals surface area contributed by atoms with E-state index in [0.29, 0.717) is 0 Å². The quantitative estimate of drug-likeness (QED) is 0.114. The van der Waals surface area contributed by atoms with Gasteiger partial charge in [0.25, 0.3) is 6.29 Å². The molecule has 2 aliphatic heterocycles. The van der Waals surface area contributed by atoms with Crippen LogP contribution in [0.4, 0.5) is 0 Å². The molecule has 0 aliphatic carbocycles. The van der Waals surface area contributed by atoms with E-state index in [4.69, 9.17) is 51.6 Å². The zero-order chi connectivity index (χ0) is 39.0. The Kier molecular flexibility index (Phi) is 16.1. The van der Waals surface area contributed by atoms with Crippen LogP contribution in [0.25, 0.3) is 0 Å². The predicted octanol–water partition coefficient (Wildman–Crippen LogP) is 1.73. The van der Waals surface area contributed by atoms with E-state index < -0.39 is 120 Å². The minimum atomic E-state index is -3.40. The normalized spacial score (nSPS) is 29.9. The topological polar surface area (TPSA) is 241 Å². The molecule has 19 nitrogen and oxygen atoms in total. The molecule has 0 spiro atoms. The molecule has 2 rings (SSSR count). The van der Waals surface area contributed by atoms with Crippen molar-refractivity contribution in [3.05, 3.63) is 0 Å². The van der Waals surface area contributed by atoms with Crippen LogP contribution in [-0.2, 0) is 84.9 Å². The van der Waals surface area contributed by atoms with E-state index in [0.717, 1.165) is 41.5 Å². The van der Waals surface area contributed by atoms with Gasteiger partial charge in [-0.15, -0.1) is 4.89 Å². The Balaban J connectivity index is 2.78. The van der Waals surface area contributed by atoms with Crippen LogP contribution in [0.1, 0.15) is 62.3 Å². The molecule has 0 saturated carbocycles. The fraction of sp³-hybridized carbons (Fsp3) is 0.800. The molecule has 2 heterocycles. The summed E-state index contributed by atoms with van der Waals surface area (Å²) >= 11 is 0. The highest BCUT2D eigenvalue weighted by Crippen LogP contribution is 2.39. The lowest BCUT2D eigenvalue weighted by Crippen LogP contribution is -2.67. The fourth-order valence-electron chi connectivity index (χ4n) is 4.95. The van der Waals surface area contributed by atoms with Crippen LogP contribution in [0.2, 0.25) is 18.1 Å². The summed E-state index contributed by atoms with van der Waals surface area (Å²) < 4.78 is 74.0. The zero-order valence-corrected chi connectivity index (χ0v) is 32.3. The molecule has 11 atom stereocenters. The summed E-state index contributed by atoms with van der Waals surface area (Å²) in [7, 11) is -5.91. The van der Waals surface area contributed by atoms with Gasteiger partial charge in [0.2, 0.25) is 0 Å². The summed E-state index contributed by atoms with van der Waals surface area (Å²) in [5.41, 5.74) is 0. The van der Waals surface area contributed by atoms with Crippen LogP contribution in [0.5, 0.6) is 0 Å². The highest BCUT2D eigenvalue weighted by atomic mass is 31.1. The van der Waals surface area contributed by atoms with Gasteiger partial charge in [-0.25, -0.2) is 0 Å². The Morgan fingerprint density at radius 2 is 1.00 bits per heavy atom. The summed E-state index contributed by atoms with van der Waals surface area (Å²) in [4.78, 5) is 83.2. The number of carbonyl (C=O) groups is 6. The van der Waals surface area contributed by atoms with Crippen LogP contribution in [0.15, 0.2) is 0 Å². The van der Waals surface area contributed by atoms with Gasteiger partial charge in [-0.3, -0.25) is 28.8 Å². The van der Waals surface area contributed by atoms with E-state index in [-0.39, 0.29) is 11.6 Å². The van der Waals surface area contributed by atoms with Crippen molar-refractivity contribution in [3.63, 3.8) is 0 Å². The van der Waals surface area contributed by atoms with E-state index in [2.05, 4.69) is 0 Å². The summed E-state index contributed by atoms with van der Waals surface area (Å²) in [6, 6.07) is 0. The summed E-state index contributed by atoms with van der Waals surface area (Å²) in [6.07, 6.45) is -16.2. The lowest BCUT2D eigenvalue weighted by molar-refractivity contribution is -0.354. The molecular formula is C30H48O19PSi+. The molecule has 0 radical (unpaired) electrons. The van der Waals surface area contributed by atoms with Crippen molar-refractivity contribution in [3.8, 4) is 0 Å². The van der Waals surface area contributed by atoms with Crippen molar-refractivity contribution in [2.24, 2.45) is 0 Å². The Hall–Kier alpha value is -3.10. The number of hydrogen-bond acceptors (Lipinski definition) is 18. The summed E-state index contributed by atoms with van der Waals surface area (Å²) in [6.45, 7) is 15.3. The monoisotopic (exact) mass is 771 g/mol. The first kappa shape index (κ1) is 44.1.